The lowest BCUT2D eigenvalue weighted by Gasteiger charge is -2.12. The number of rotatable bonds is 34. The minimum Gasteiger partial charge on any atom is -0.508 e. The number of unbranched alkanes of at least 4 members (excludes halogenated alkanes) is 1. The molecule has 0 aliphatic rings. The Kier molecular flexibility index (Phi) is 22.2. The molecule has 0 fully saturated rings. The first kappa shape index (κ1) is 46.1. The first-order valence-electron chi connectivity index (χ1n) is 19.6. The predicted molar refractivity (Wildman–Crippen MR) is 216 cm³/mol. The number of H-pyrrole nitrogens is 1. The van der Waals surface area contributed by atoms with Gasteiger partial charge < -0.3 is 58.2 Å². The molecule has 0 saturated heterocycles. The van der Waals surface area contributed by atoms with E-state index in [0.717, 1.165) is 52.0 Å². The van der Waals surface area contributed by atoms with E-state index in [1.807, 2.05) is 35.8 Å². The molecule has 320 valence electrons. The maximum atomic E-state index is 12.3. The van der Waals surface area contributed by atoms with Gasteiger partial charge in [0.25, 0.3) is 0 Å². The maximum Gasteiger partial charge on any atom is 0.222 e. The number of aromatic amines is 1. The van der Waals surface area contributed by atoms with E-state index < -0.39 is 0 Å². The molecule has 0 saturated carbocycles. The summed E-state index contributed by atoms with van der Waals surface area (Å²) >= 11 is 0. The van der Waals surface area contributed by atoms with Crippen LogP contribution < -0.4 is 10.2 Å². The minimum atomic E-state index is -0.0602. The molecule has 20 nitrogen and oxygen atoms in total. The van der Waals surface area contributed by atoms with E-state index in [1.165, 1.54) is 0 Å². The molecule has 0 aliphatic carbocycles. The van der Waals surface area contributed by atoms with Crippen molar-refractivity contribution in [1.82, 2.24) is 30.0 Å². The number of nitrogens with zero attached hydrogens (tertiary/aromatic N) is 8. The van der Waals surface area contributed by atoms with Crippen molar-refractivity contribution in [3.05, 3.63) is 41.0 Å². The zero-order valence-electron chi connectivity index (χ0n) is 33.6. The highest BCUT2D eigenvalue weighted by Crippen LogP contribution is 2.34. The first-order chi connectivity index (χ1) is 28.5. The molecule has 0 spiro atoms. The Morgan fingerprint density at radius 1 is 0.810 bits per heavy atom. The smallest absolute Gasteiger partial charge is 0.222 e. The van der Waals surface area contributed by atoms with Crippen molar-refractivity contribution >= 4 is 33.7 Å². The summed E-state index contributed by atoms with van der Waals surface area (Å²) in [6.45, 7) is 8.57. The zero-order chi connectivity index (χ0) is 41.0. The third kappa shape index (κ3) is 17.1. The van der Waals surface area contributed by atoms with E-state index in [0.29, 0.717) is 125 Å². The van der Waals surface area contributed by atoms with E-state index in [-0.39, 0.29) is 18.1 Å². The van der Waals surface area contributed by atoms with Crippen LogP contribution in [-0.4, -0.2) is 169 Å². The van der Waals surface area contributed by atoms with Gasteiger partial charge in [0.15, 0.2) is 5.65 Å². The molecule has 1 amide bonds. The highest BCUT2D eigenvalue weighted by Gasteiger charge is 2.20. The number of carbonyl (C=O) groups excluding carboxylic acids is 1. The van der Waals surface area contributed by atoms with Crippen molar-refractivity contribution in [2.24, 2.45) is 5.11 Å². The average Bonchev–Trinajstić information content (AvgIpc) is 3.81. The van der Waals surface area contributed by atoms with E-state index in [9.17, 15) is 9.90 Å². The van der Waals surface area contributed by atoms with Crippen molar-refractivity contribution < 1.29 is 47.8 Å². The summed E-state index contributed by atoms with van der Waals surface area (Å²) in [6.07, 6.45) is 3.38. The molecule has 3 N–H and O–H groups in total. The van der Waals surface area contributed by atoms with E-state index in [1.54, 1.807) is 18.5 Å². The lowest BCUT2D eigenvalue weighted by atomic mass is 10.2. The molecule has 0 bridgehead atoms. The largest absolute Gasteiger partial charge is 0.508 e. The van der Waals surface area contributed by atoms with Crippen LogP contribution in [-0.2, 0) is 49.2 Å². The van der Waals surface area contributed by atoms with Gasteiger partial charge in [0.2, 0.25) is 5.91 Å². The van der Waals surface area contributed by atoms with Gasteiger partial charge in [-0.15, -0.1) is 0 Å². The molecular weight excluding hydrogens is 756 g/mol. The predicted octanol–water partition coefficient (Wildman–Crippen LogP) is 3.48. The number of phenols is 1. The topological polar surface area (TPSA) is 235 Å². The van der Waals surface area contributed by atoms with Crippen LogP contribution in [0.15, 0.2) is 35.7 Å². The number of anilines is 1. The summed E-state index contributed by atoms with van der Waals surface area (Å²) < 4.78 is 45.4. The fourth-order valence-corrected chi connectivity index (χ4v) is 5.58. The van der Waals surface area contributed by atoms with Crippen LogP contribution in [0.1, 0.15) is 19.3 Å². The SMILES string of the molecule is CN(C)c1ncnc2c1c(-c1cc3cc(O)ccc3[nH]1)nn2CCCCNC(=O)CCOCCOCCOCCOCCOCCOCCOCCOCCN=[N+]=[N-]. The Balaban J connectivity index is 0.928. The lowest BCUT2D eigenvalue weighted by Crippen LogP contribution is -2.26. The van der Waals surface area contributed by atoms with E-state index in [2.05, 4.69) is 30.3 Å². The highest BCUT2D eigenvalue weighted by atomic mass is 16.6. The Hall–Kier alpha value is -4.63. The lowest BCUT2D eigenvalue weighted by molar-refractivity contribution is -0.122. The Morgan fingerprint density at radius 3 is 1.95 bits per heavy atom. The summed E-state index contributed by atoms with van der Waals surface area (Å²) in [5.41, 5.74) is 11.3. The third-order valence-electron chi connectivity index (χ3n) is 8.39. The van der Waals surface area contributed by atoms with Crippen LogP contribution in [0.5, 0.6) is 5.75 Å². The summed E-state index contributed by atoms with van der Waals surface area (Å²) in [7, 11) is 3.87. The molecule has 20 heteroatoms. The molecule has 0 unspecified atom stereocenters. The van der Waals surface area contributed by atoms with Gasteiger partial charge in [-0.25, -0.2) is 14.6 Å². The van der Waals surface area contributed by atoms with Crippen molar-refractivity contribution in [3.8, 4) is 17.1 Å². The van der Waals surface area contributed by atoms with Gasteiger partial charge in [-0.3, -0.25) is 4.79 Å². The molecule has 1 aromatic carbocycles. The van der Waals surface area contributed by atoms with Crippen LogP contribution in [0.25, 0.3) is 43.8 Å². The van der Waals surface area contributed by atoms with Crippen molar-refractivity contribution in [2.75, 3.05) is 138 Å². The highest BCUT2D eigenvalue weighted by molar-refractivity contribution is 6.00. The first-order valence-corrected chi connectivity index (χ1v) is 19.6. The number of ether oxygens (including phenoxy) is 8. The zero-order valence-corrected chi connectivity index (χ0v) is 33.6. The van der Waals surface area contributed by atoms with Crippen LogP contribution in [0.3, 0.4) is 0 Å². The van der Waals surface area contributed by atoms with Crippen LogP contribution in [0.2, 0.25) is 0 Å². The Bertz CT molecular complexity index is 1800. The number of aryl methyl sites for hydroxylation is 1. The van der Waals surface area contributed by atoms with Gasteiger partial charge in [0, 0.05) is 56.0 Å². The minimum absolute atomic E-state index is 0.0602. The summed E-state index contributed by atoms with van der Waals surface area (Å²) in [5.74, 6) is 0.904. The Morgan fingerprint density at radius 2 is 1.38 bits per heavy atom. The summed E-state index contributed by atoms with van der Waals surface area (Å²) in [6, 6.07) is 7.17. The maximum absolute atomic E-state index is 12.3. The van der Waals surface area contributed by atoms with Gasteiger partial charge in [0.05, 0.1) is 117 Å². The number of carbonyl (C=O) groups is 1. The average molecular weight is 815 g/mol. The summed E-state index contributed by atoms with van der Waals surface area (Å²) in [4.78, 5) is 29.4. The molecule has 0 atom stereocenters. The van der Waals surface area contributed by atoms with Crippen molar-refractivity contribution in [3.63, 3.8) is 0 Å². The monoisotopic (exact) mass is 814 g/mol. The number of nitrogens with one attached hydrogen (secondary N) is 2. The van der Waals surface area contributed by atoms with Gasteiger partial charge >= 0.3 is 0 Å². The number of azide groups is 1. The Labute approximate surface area is 338 Å². The standard InChI is InChI=1S/C38H58N10O10/c1-47(2)37-35-36(33-28-30-27-31(49)5-6-32(30)44-33)45-48(38(35)42-29-41-37)10-4-3-8-40-34(50)7-11-51-13-15-53-17-19-55-21-23-57-25-26-58-24-22-56-20-18-54-16-14-52-12-9-43-46-39/h5-6,27-29,44,49H,3-4,7-26H2,1-2H3,(H,40,50). The third-order valence-corrected chi connectivity index (χ3v) is 8.39. The second kappa shape index (κ2) is 27.9. The van der Waals surface area contributed by atoms with Crippen LogP contribution in [0.4, 0.5) is 5.82 Å². The van der Waals surface area contributed by atoms with E-state index >= 15 is 0 Å². The van der Waals surface area contributed by atoms with Gasteiger partial charge in [0.1, 0.15) is 23.6 Å². The molecule has 4 aromatic rings. The molecule has 4 rings (SSSR count). The number of hydrogen-bond donors (Lipinski definition) is 3. The van der Waals surface area contributed by atoms with Gasteiger partial charge in [-0.05, 0) is 42.6 Å². The van der Waals surface area contributed by atoms with Gasteiger partial charge in [-0.1, -0.05) is 5.11 Å². The number of aromatic hydroxyl groups is 1. The number of fused-ring (bicyclic) bond motifs is 2. The number of phenolic OH excluding ortho intramolecular Hbond substituents is 1. The normalized spacial score (nSPS) is 11.4. The number of benzene rings is 1. The fourth-order valence-electron chi connectivity index (χ4n) is 5.58. The van der Waals surface area contributed by atoms with Crippen LogP contribution >= 0.6 is 0 Å². The summed E-state index contributed by atoms with van der Waals surface area (Å²) in [5, 5.41) is 22.9. The number of aromatic nitrogens is 5. The molecule has 3 aromatic heterocycles. The molecule has 3 heterocycles. The van der Waals surface area contributed by atoms with Gasteiger partial charge in [-0.2, -0.15) is 5.10 Å². The molecule has 0 radical (unpaired) electrons. The fraction of sp³-hybridized carbons (Fsp3) is 0.632. The molecule has 0 aliphatic heterocycles. The second-order valence-electron chi connectivity index (χ2n) is 13.0. The van der Waals surface area contributed by atoms with Crippen molar-refractivity contribution in [1.29, 1.82) is 0 Å². The quantitative estimate of drug-likeness (QED) is 0.0265. The molecule has 58 heavy (non-hydrogen) atoms. The second-order valence-corrected chi connectivity index (χ2v) is 13.0. The van der Waals surface area contributed by atoms with Crippen LogP contribution in [0, 0.1) is 0 Å². The number of amides is 1. The van der Waals surface area contributed by atoms with Crippen molar-refractivity contribution in [2.45, 2.75) is 25.8 Å². The molecular formula is C38H58N10O10. The number of hydrogen-bond acceptors (Lipinski definition) is 15. The van der Waals surface area contributed by atoms with E-state index in [4.69, 9.17) is 48.5 Å².